The van der Waals surface area contributed by atoms with Crippen molar-refractivity contribution in [3.8, 4) is 5.75 Å². The van der Waals surface area contributed by atoms with Gasteiger partial charge in [-0.1, -0.05) is 26.0 Å². The maximum absolute atomic E-state index is 11.1. The fraction of sp³-hybridized carbons (Fsp3) is 0.571. The second-order valence-electron chi connectivity index (χ2n) is 5.25. The van der Waals surface area contributed by atoms with Crippen molar-refractivity contribution in [3.63, 3.8) is 0 Å². The number of sulfone groups is 1. The highest BCUT2D eigenvalue weighted by Gasteiger charge is 2.15. The second-order valence-corrected chi connectivity index (χ2v) is 7.44. The Balaban J connectivity index is 2.74. The van der Waals surface area contributed by atoms with Gasteiger partial charge in [-0.3, -0.25) is 0 Å². The number of benzene rings is 1. The second kappa shape index (κ2) is 6.39. The van der Waals surface area contributed by atoms with Crippen LogP contribution in [0.2, 0.25) is 0 Å². The van der Waals surface area contributed by atoms with Crippen LogP contribution in [0.1, 0.15) is 30.9 Å². The molecule has 1 aromatic carbocycles. The summed E-state index contributed by atoms with van der Waals surface area (Å²) in [5.41, 5.74) is 2.12. The Morgan fingerprint density at radius 1 is 1.32 bits per heavy atom. The summed E-state index contributed by atoms with van der Waals surface area (Å²) in [7, 11) is -3.19. The standard InChI is InChI=1S/C14H22O4S/c1-10(2)13-6-5-11(3)7-14(13)18-8-12(15)9-19(4,16)17/h5-7,10,12,15H,8-9H2,1-4H3/t12-/m1/s1. The van der Waals surface area contributed by atoms with Crippen molar-refractivity contribution >= 4 is 9.84 Å². The van der Waals surface area contributed by atoms with Gasteiger partial charge in [0.15, 0.2) is 0 Å². The first kappa shape index (κ1) is 16.0. The van der Waals surface area contributed by atoms with Crippen molar-refractivity contribution in [1.29, 1.82) is 0 Å². The van der Waals surface area contributed by atoms with E-state index in [1.165, 1.54) is 0 Å². The van der Waals surface area contributed by atoms with Crippen molar-refractivity contribution in [3.05, 3.63) is 29.3 Å². The number of aliphatic hydroxyl groups excluding tert-OH is 1. The molecule has 19 heavy (non-hydrogen) atoms. The Morgan fingerprint density at radius 3 is 2.47 bits per heavy atom. The summed E-state index contributed by atoms with van der Waals surface area (Å²) in [6.07, 6.45) is 0.0955. The largest absolute Gasteiger partial charge is 0.491 e. The molecule has 0 bridgehead atoms. The summed E-state index contributed by atoms with van der Waals surface area (Å²) in [6.45, 7) is 6.06. The molecule has 108 valence electrons. The fourth-order valence-corrected chi connectivity index (χ4v) is 2.62. The summed E-state index contributed by atoms with van der Waals surface area (Å²) in [4.78, 5) is 0. The lowest BCUT2D eigenvalue weighted by molar-refractivity contribution is 0.124. The quantitative estimate of drug-likeness (QED) is 0.867. The highest BCUT2D eigenvalue weighted by Crippen LogP contribution is 2.27. The Bertz CT molecular complexity index is 520. The Kier molecular flexibility index (Phi) is 5.38. The van der Waals surface area contributed by atoms with Gasteiger partial charge in [0.1, 0.15) is 28.3 Å². The molecule has 0 saturated carbocycles. The number of rotatable bonds is 6. The maximum atomic E-state index is 11.1. The van der Waals surface area contributed by atoms with Crippen molar-refractivity contribution in [2.45, 2.75) is 32.8 Å². The Morgan fingerprint density at radius 2 is 1.95 bits per heavy atom. The van der Waals surface area contributed by atoms with Gasteiger partial charge in [-0.25, -0.2) is 8.42 Å². The molecule has 0 heterocycles. The van der Waals surface area contributed by atoms with Gasteiger partial charge in [0.05, 0.1) is 5.75 Å². The fourth-order valence-electron chi connectivity index (χ4n) is 1.83. The molecule has 4 nitrogen and oxygen atoms in total. The number of hydrogen-bond donors (Lipinski definition) is 1. The first-order valence-electron chi connectivity index (χ1n) is 6.28. The lowest BCUT2D eigenvalue weighted by atomic mass is 10.0. The molecule has 1 N–H and O–H groups in total. The molecule has 1 rings (SSSR count). The third-order valence-electron chi connectivity index (χ3n) is 2.72. The average molecular weight is 286 g/mol. The van der Waals surface area contributed by atoms with Crippen LogP contribution in [0.15, 0.2) is 18.2 Å². The highest BCUT2D eigenvalue weighted by molar-refractivity contribution is 7.90. The molecule has 0 amide bonds. The third-order valence-corrected chi connectivity index (χ3v) is 3.71. The van der Waals surface area contributed by atoms with Gasteiger partial charge in [0.25, 0.3) is 0 Å². The molecule has 0 spiro atoms. The smallest absolute Gasteiger partial charge is 0.150 e. The zero-order valence-electron chi connectivity index (χ0n) is 11.9. The number of ether oxygens (including phenoxy) is 1. The molecule has 1 aromatic rings. The van der Waals surface area contributed by atoms with E-state index < -0.39 is 15.9 Å². The van der Waals surface area contributed by atoms with Crippen molar-refractivity contribution in [1.82, 2.24) is 0 Å². The van der Waals surface area contributed by atoms with Gasteiger partial charge >= 0.3 is 0 Å². The van der Waals surface area contributed by atoms with Gasteiger partial charge in [-0.2, -0.15) is 0 Å². The van der Waals surface area contributed by atoms with Gasteiger partial charge in [-0.15, -0.1) is 0 Å². The minimum Gasteiger partial charge on any atom is -0.491 e. The zero-order chi connectivity index (χ0) is 14.6. The summed E-state index contributed by atoms with van der Waals surface area (Å²) in [5.74, 6) is 0.737. The molecule has 0 fully saturated rings. The van der Waals surface area contributed by atoms with Gasteiger partial charge in [-0.05, 0) is 30.0 Å². The van der Waals surface area contributed by atoms with E-state index in [0.717, 1.165) is 17.4 Å². The van der Waals surface area contributed by atoms with E-state index >= 15 is 0 Å². The van der Waals surface area contributed by atoms with Crippen molar-refractivity contribution in [2.24, 2.45) is 0 Å². The molecule has 0 aliphatic rings. The van der Waals surface area contributed by atoms with Gasteiger partial charge in [0.2, 0.25) is 0 Å². The Hall–Kier alpha value is -1.07. The van der Waals surface area contributed by atoms with Crippen LogP contribution in [0.5, 0.6) is 5.75 Å². The SMILES string of the molecule is Cc1ccc(C(C)C)c(OC[C@@H](O)CS(C)(=O)=O)c1. The van der Waals surface area contributed by atoms with E-state index in [0.29, 0.717) is 11.7 Å². The predicted octanol–water partition coefficient (Wildman–Crippen LogP) is 1.90. The molecular weight excluding hydrogens is 264 g/mol. The average Bonchev–Trinajstić information content (AvgIpc) is 2.23. The van der Waals surface area contributed by atoms with Crippen LogP contribution >= 0.6 is 0 Å². The monoisotopic (exact) mass is 286 g/mol. The molecule has 0 aromatic heterocycles. The van der Waals surface area contributed by atoms with Crippen molar-refractivity contribution in [2.75, 3.05) is 18.6 Å². The molecule has 0 aliphatic carbocycles. The van der Waals surface area contributed by atoms with Gasteiger partial charge < -0.3 is 9.84 Å². The first-order chi connectivity index (χ1) is 8.69. The number of hydrogen-bond acceptors (Lipinski definition) is 4. The summed E-state index contributed by atoms with van der Waals surface area (Å²) in [6, 6.07) is 5.91. The molecular formula is C14H22O4S. The van der Waals surface area contributed by atoms with E-state index in [1.54, 1.807) is 0 Å². The minimum atomic E-state index is -3.19. The molecule has 0 radical (unpaired) electrons. The number of aliphatic hydroxyl groups is 1. The molecule has 0 saturated heterocycles. The maximum Gasteiger partial charge on any atom is 0.150 e. The van der Waals surface area contributed by atoms with Crippen LogP contribution < -0.4 is 4.74 Å². The summed E-state index contributed by atoms with van der Waals surface area (Å²) in [5, 5.41) is 9.64. The highest BCUT2D eigenvalue weighted by atomic mass is 32.2. The minimum absolute atomic E-state index is 0.0176. The van der Waals surface area contributed by atoms with Crippen LogP contribution in [-0.4, -0.2) is 38.2 Å². The topological polar surface area (TPSA) is 63.6 Å². The van der Waals surface area contributed by atoms with E-state index in [-0.39, 0.29) is 12.4 Å². The van der Waals surface area contributed by atoms with E-state index in [4.69, 9.17) is 4.74 Å². The predicted molar refractivity (Wildman–Crippen MR) is 76.5 cm³/mol. The summed E-state index contributed by atoms with van der Waals surface area (Å²) < 4.78 is 27.7. The van der Waals surface area contributed by atoms with Crippen molar-refractivity contribution < 1.29 is 18.3 Å². The molecule has 0 aliphatic heterocycles. The summed E-state index contributed by atoms with van der Waals surface area (Å²) >= 11 is 0. The normalized spacial score (nSPS) is 13.6. The molecule has 1 atom stereocenters. The lowest BCUT2D eigenvalue weighted by Crippen LogP contribution is -2.26. The first-order valence-corrected chi connectivity index (χ1v) is 8.34. The third kappa shape index (κ3) is 5.61. The zero-order valence-corrected chi connectivity index (χ0v) is 12.7. The van der Waals surface area contributed by atoms with E-state index in [2.05, 4.69) is 13.8 Å². The van der Waals surface area contributed by atoms with Crippen LogP contribution in [0, 0.1) is 6.92 Å². The van der Waals surface area contributed by atoms with Crippen LogP contribution in [-0.2, 0) is 9.84 Å². The molecule has 5 heteroatoms. The number of aryl methyl sites for hydroxylation is 1. The Labute approximate surface area is 115 Å². The van der Waals surface area contributed by atoms with Crippen LogP contribution in [0.25, 0.3) is 0 Å². The van der Waals surface area contributed by atoms with E-state index in [1.807, 2.05) is 25.1 Å². The van der Waals surface area contributed by atoms with Gasteiger partial charge in [0, 0.05) is 6.26 Å². The van der Waals surface area contributed by atoms with Crippen LogP contribution in [0.3, 0.4) is 0 Å². The lowest BCUT2D eigenvalue weighted by Gasteiger charge is -2.17. The molecule has 0 unspecified atom stereocenters. The van der Waals surface area contributed by atoms with Crippen LogP contribution in [0.4, 0.5) is 0 Å². The van der Waals surface area contributed by atoms with E-state index in [9.17, 15) is 13.5 Å².